The molecule has 0 amide bonds. The van der Waals surface area contributed by atoms with E-state index in [2.05, 4.69) is 11.8 Å². The molecule has 2 rings (SSSR count). The van der Waals surface area contributed by atoms with Crippen LogP contribution in [0.4, 0.5) is 0 Å². The number of hydrogen-bond acceptors (Lipinski definition) is 3. The molecule has 1 aliphatic rings. The number of nitrogens with zero attached hydrogens (tertiary/aromatic N) is 1. The molecule has 4 nitrogen and oxygen atoms in total. The summed E-state index contributed by atoms with van der Waals surface area (Å²) < 4.78 is 5.25. The number of likely N-dealkylation sites (tertiary alicyclic amines) is 1. The van der Waals surface area contributed by atoms with E-state index in [0.717, 1.165) is 37.1 Å². The summed E-state index contributed by atoms with van der Waals surface area (Å²) in [6.07, 6.45) is 2.60. The van der Waals surface area contributed by atoms with Crippen molar-refractivity contribution in [2.75, 3.05) is 13.7 Å². The average Bonchev–Trinajstić information content (AvgIpc) is 2.89. The number of methoxy groups -OCH3 is 1. The molecule has 19 heavy (non-hydrogen) atoms. The topological polar surface area (TPSA) is 49.8 Å². The van der Waals surface area contributed by atoms with Gasteiger partial charge in [0.05, 0.1) is 7.11 Å². The highest BCUT2D eigenvalue weighted by Gasteiger charge is 2.35. The van der Waals surface area contributed by atoms with E-state index in [1.165, 1.54) is 0 Å². The molecule has 2 atom stereocenters. The van der Waals surface area contributed by atoms with Crippen molar-refractivity contribution in [3.63, 3.8) is 0 Å². The minimum atomic E-state index is -0.709. The normalized spacial score (nSPS) is 21.3. The minimum absolute atomic E-state index is 0.152. The van der Waals surface area contributed by atoms with Crippen LogP contribution in [0.25, 0.3) is 0 Å². The van der Waals surface area contributed by atoms with Gasteiger partial charge in [-0.2, -0.15) is 0 Å². The molecule has 0 saturated carbocycles. The third-order valence-electron chi connectivity index (χ3n) is 3.84. The Bertz CT molecular complexity index is 447. The summed E-state index contributed by atoms with van der Waals surface area (Å²) in [5.74, 6) is 0.112. The summed E-state index contributed by atoms with van der Waals surface area (Å²) in [4.78, 5) is 13.4. The molecular formula is C15H21NO3. The Morgan fingerprint density at radius 1 is 1.58 bits per heavy atom. The van der Waals surface area contributed by atoms with Gasteiger partial charge < -0.3 is 9.84 Å². The van der Waals surface area contributed by atoms with Crippen LogP contribution in [0.5, 0.6) is 5.75 Å². The molecule has 1 fully saturated rings. The van der Waals surface area contributed by atoms with Crippen molar-refractivity contribution < 1.29 is 14.6 Å². The molecule has 2 unspecified atom stereocenters. The first-order valence-corrected chi connectivity index (χ1v) is 6.80. The van der Waals surface area contributed by atoms with Gasteiger partial charge >= 0.3 is 5.97 Å². The van der Waals surface area contributed by atoms with Crippen LogP contribution in [0.15, 0.2) is 24.3 Å². The fourth-order valence-corrected chi connectivity index (χ4v) is 2.94. The lowest BCUT2D eigenvalue weighted by atomic mass is 10.0. The van der Waals surface area contributed by atoms with Crippen molar-refractivity contribution in [3.05, 3.63) is 29.8 Å². The van der Waals surface area contributed by atoms with Crippen LogP contribution in [0.3, 0.4) is 0 Å². The zero-order valence-electron chi connectivity index (χ0n) is 11.5. The van der Waals surface area contributed by atoms with E-state index < -0.39 is 5.97 Å². The van der Waals surface area contributed by atoms with Gasteiger partial charge in [0.2, 0.25) is 0 Å². The average molecular weight is 263 g/mol. The highest BCUT2D eigenvalue weighted by molar-refractivity contribution is 5.73. The quantitative estimate of drug-likeness (QED) is 0.887. The molecule has 0 aliphatic carbocycles. The van der Waals surface area contributed by atoms with Crippen molar-refractivity contribution in [2.24, 2.45) is 0 Å². The smallest absolute Gasteiger partial charge is 0.320 e. The Morgan fingerprint density at radius 3 is 3.00 bits per heavy atom. The maximum absolute atomic E-state index is 11.3. The predicted molar refractivity (Wildman–Crippen MR) is 73.4 cm³/mol. The second kappa shape index (κ2) is 6.06. The SMILES string of the molecule is CCC(c1cccc(OC)c1)N1CCCC1C(=O)O. The van der Waals surface area contributed by atoms with Crippen molar-refractivity contribution in [2.45, 2.75) is 38.3 Å². The number of hydrogen-bond donors (Lipinski definition) is 1. The van der Waals surface area contributed by atoms with Gasteiger partial charge in [0.1, 0.15) is 11.8 Å². The first-order valence-electron chi connectivity index (χ1n) is 6.80. The number of aliphatic carboxylic acids is 1. The van der Waals surface area contributed by atoms with Crippen LogP contribution in [-0.4, -0.2) is 35.7 Å². The van der Waals surface area contributed by atoms with Crippen LogP contribution in [0.2, 0.25) is 0 Å². The van der Waals surface area contributed by atoms with E-state index in [0.29, 0.717) is 0 Å². The van der Waals surface area contributed by atoms with Gasteiger partial charge in [0.25, 0.3) is 0 Å². The number of rotatable bonds is 5. The Balaban J connectivity index is 2.25. The summed E-state index contributed by atoms with van der Waals surface area (Å²) in [6, 6.07) is 7.73. The molecular weight excluding hydrogens is 242 g/mol. The third-order valence-corrected chi connectivity index (χ3v) is 3.84. The Hall–Kier alpha value is -1.55. The van der Waals surface area contributed by atoms with E-state index >= 15 is 0 Å². The van der Waals surface area contributed by atoms with Crippen LogP contribution < -0.4 is 4.74 Å². The van der Waals surface area contributed by atoms with Gasteiger partial charge in [-0.05, 0) is 43.5 Å². The first kappa shape index (κ1) is 13.9. The summed E-state index contributed by atoms with van der Waals surface area (Å²) in [5.41, 5.74) is 1.13. The predicted octanol–water partition coefficient (Wildman–Crippen LogP) is 2.70. The van der Waals surface area contributed by atoms with Gasteiger partial charge in [-0.25, -0.2) is 0 Å². The summed E-state index contributed by atoms with van der Waals surface area (Å²) in [7, 11) is 1.65. The zero-order valence-corrected chi connectivity index (χ0v) is 11.5. The van der Waals surface area contributed by atoms with E-state index in [9.17, 15) is 9.90 Å². The number of carboxylic acids is 1. The lowest BCUT2D eigenvalue weighted by Gasteiger charge is -2.30. The Morgan fingerprint density at radius 2 is 2.37 bits per heavy atom. The van der Waals surface area contributed by atoms with E-state index in [1.54, 1.807) is 7.11 Å². The fraction of sp³-hybridized carbons (Fsp3) is 0.533. The molecule has 0 radical (unpaired) electrons. The standard InChI is InChI=1S/C15H21NO3/c1-3-13(11-6-4-7-12(10-11)19-2)16-9-5-8-14(16)15(17)18/h4,6-7,10,13-14H,3,5,8-9H2,1-2H3,(H,17,18). The maximum Gasteiger partial charge on any atom is 0.320 e. The molecule has 104 valence electrons. The Labute approximate surface area is 114 Å². The minimum Gasteiger partial charge on any atom is -0.497 e. The summed E-state index contributed by atoms with van der Waals surface area (Å²) in [5, 5.41) is 9.31. The number of benzene rings is 1. The summed E-state index contributed by atoms with van der Waals surface area (Å²) in [6.45, 7) is 2.95. The van der Waals surface area contributed by atoms with Crippen molar-refractivity contribution in [1.29, 1.82) is 0 Å². The van der Waals surface area contributed by atoms with E-state index in [1.807, 2.05) is 24.3 Å². The molecule has 0 aromatic heterocycles. The molecule has 4 heteroatoms. The number of carboxylic acid groups (broad SMARTS) is 1. The third kappa shape index (κ3) is 2.89. The van der Waals surface area contributed by atoms with E-state index in [4.69, 9.17) is 4.74 Å². The highest BCUT2D eigenvalue weighted by atomic mass is 16.5. The Kier molecular flexibility index (Phi) is 4.43. The van der Waals surface area contributed by atoms with Crippen LogP contribution >= 0.6 is 0 Å². The van der Waals surface area contributed by atoms with Crippen molar-refractivity contribution in [1.82, 2.24) is 4.90 Å². The van der Waals surface area contributed by atoms with Gasteiger partial charge in [-0.1, -0.05) is 19.1 Å². The number of ether oxygens (including phenoxy) is 1. The molecule has 1 heterocycles. The lowest BCUT2D eigenvalue weighted by Crippen LogP contribution is -2.38. The van der Waals surface area contributed by atoms with Gasteiger partial charge in [-0.15, -0.1) is 0 Å². The van der Waals surface area contributed by atoms with Gasteiger partial charge in [0, 0.05) is 6.04 Å². The second-order valence-corrected chi connectivity index (χ2v) is 4.93. The fourth-order valence-electron chi connectivity index (χ4n) is 2.94. The van der Waals surface area contributed by atoms with E-state index in [-0.39, 0.29) is 12.1 Å². The van der Waals surface area contributed by atoms with Crippen molar-refractivity contribution in [3.8, 4) is 5.75 Å². The molecule has 1 saturated heterocycles. The van der Waals surface area contributed by atoms with Gasteiger partial charge in [-0.3, -0.25) is 9.69 Å². The van der Waals surface area contributed by atoms with Crippen LogP contribution in [0.1, 0.15) is 37.8 Å². The number of carbonyl (C=O) groups is 1. The maximum atomic E-state index is 11.3. The van der Waals surface area contributed by atoms with Crippen LogP contribution in [-0.2, 0) is 4.79 Å². The molecule has 1 N–H and O–H groups in total. The summed E-state index contributed by atoms with van der Waals surface area (Å²) >= 11 is 0. The molecule has 0 bridgehead atoms. The largest absolute Gasteiger partial charge is 0.497 e. The highest BCUT2D eigenvalue weighted by Crippen LogP contribution is 2.33. The molecule has 1 aliphatic heterocycles. The van der Waals surface area contributed by atoms with Gasteiger partial charge in [0.15, 0.2) is 0 Å². The molecule has 1 aromatic carbocycles. The first-order chi connectivity index (χ1) is 9.17. The monoisotopic (exact) mass is 263 g/mol. The lowest BCUT2D eigenvalue weighted by molar-refractivity contribution is -0.143. The second-order valence-electron chi connectivity index (χ2n) is 4.93. The molecule has 1 aromatic rings. The zero-order chi connectivity index (χ0) is 13.8. The van der Waals surface area contributed by atoms with Crippen molar-refractivity contribution >= 4 is 5.97 Å². The van der Waals surface area contributed by atoms with Crippen LogP contribution in [0, 0.1) is 0 Å². The molecule has 0 spiro atoms.